The van der Waals surface area contributed by atoms with Crippen LogP contribution in [0.3, 0.4) is 0 Å². The molecule has 0 aliphatic heterocycles. The Hall–Kier alpha value is -2.93. The number of rotatable bonds is 5. The maximum absolute atomic E-state index is 5.35. The van der Waals surface area contributed by atoms with Gasteiger partial charge >= 0.3 is 0 Å². The second kappa shape index (κ2) is 7.98. The fraction of sp³-hybridized carbons (Fsp3) is 0.286. The lowest BCUT2D eigenvalue weighted by molar-refractivity contribution is 0.355. The van der Waals surface area contributed by atoms with Crippen LogP contribution in [0.4, 0.5) is 0 Å². The van der Waals surface area contributed by atoms with Gasteiger partial charge in [-0.15, -0.1) is 0 Å². The van der Waals surface area contributed by atoms with E-state index in [0.29, 0.717) is 22.1 Å². The lowest BCUT2D eigenvalue weighted by Gasteiger charge is -2.18. The average Bonchev–Trinajstić information content (AvgIpc) is 3.06. The van der Waals surface area contributed by atoms with Crippen molar-refractivity contribution in [2.75, 3.05) is 14.2 Å². The molecule has 0 saturated carbocycles. The normalized spacial score (nSPS) is 11.8. The fourth-order valence-electron chi connectivity index (χ4n) is 2.76. The minimum atomic E-state index is 0.0921. The number of H-pyrrole nitrogens is 1. The molecule has 28 heavy (non-hydrogen) atoms. The molecule has 1 aromatic heterocycles. The van der Waals surface area contributed by atoms with Crippen LogP contribution in [0.15, 0.2) is 47.6 Å². The molecule has 0 saturated heterocycles. The summed E-state index contributed by atoms with van der Waals surface area (Å²) in [6.07, 6.45) is 1.71. The molecule has 146 valence electrons. The minimum absolute atomic E-state index is 0.0921. The van der Waals surface area contributed by atoms with Crippen molar-refractivity contribution in [1.29, 1.82) is 0 Å². The van der Waals surface area contributed by atoms with Gasteiger partial charge in [-0.25, -0.2) is 5.10 Å². The number of nitrogens with one attached hydrogen (secondary N) is 1. The molecule has 3 rings (SSSR count). The molecule has 0 fully saturated rings. The number of ether oxygens (including phenoxy) is 2. The number of methoxy groups -OCH3 is 2. The molecule has 2 aromatic carbocycles. The van der Waals surface area contributed by atoms with Crippen molar-refractivity contribution in [3.8, 4) is 22.9 Å². The highest BCUT2D eigenvalue weighted by Gasteiger charge is 2.14. The van der Waals surface area contributed by atoms with E-state index in [1.54, 1.807) is 25.1 Å². The minimum Gasteiger partial charge on any atom is -0.493 e. The van der Waals surface area contributed by atoms with Crippen molar-refractivity contribution in [1.82, 2.24) is 14.9 Å². The number of hydrogen-bond donors (Lipinski definition) is 1. The van der Waals surface area contributed by atoms with E-state index < -0.39 is 0 Å². The first-order valence-corrected chi connectivity index (χ1v) is 9.29. The first-order chi connectivity index (χ1) is 13.3. The smallest absolute Gasteiger partial charge is 0.216 e. The summed E-state index contributed by atoms with van der Waals surface area (Å²) in [5.74, 6) is 1.96. The van der Waals surface area contributed by atoms with Gasteiger partial charge in [0.25, 0.3) is 0 Å². The summed E-state index contributed by atoms with van der Waals surface area (Å²) < 4.78 is 12.6. The van der Waals surface area contributed by atoms with Gasteiger partial charge in [0.15, 0.2) is 17.3 Å². The Kier molecular flexibility index (Phi) is 5.65. The quantitative estimate of drug-likeness (QED) is 0.497. The van der Waals surface area contributed by atoms with Crippen molar-refractivity contribution in [2.24, 2.45) is 5.10 Å². The molecule has 1 heterocycles. The van der Waals surface area contributed by atoms with Crippen LogP contribution < -0.4 is 9.47 Å². The zero-order valence-corrected chi connectivity index (χ0v) is 17.5. The number of nitrogens with zero attached hydrogens (tertiary/aromatic N) is 3. The lowest BCUT2D eigenvalue weighted by Crippen LogP contribution is -2.10. The number of aromatic nitrogens is 3. The van der Waals surface area contributed by atoms with Crippen molar-refractivity contribution >= 4 is 18.4 Å². The summed E-state index contributed by atoms with van der Waals surface area (Å²) in [5, 5.41) is 11.7. The van der Waals surface area contributed by atoms with Gasteiger partial charge in [0.1, 0.15) is 0 Å². The summed E-state index contributed by atoms with van der Waals surface area (Å²) in [4.78, 5) is 0. The molecule has 6 nitrogen and oxygen atoms in total. The summed E-state index contributed by atoms with van der Waals surface area (Å²) in [7, 11) is 3.21. The van der Waals surface area contributed by atoms with E-state index in [1.165, 1.54) is 5.56 Å². The molecule has 0 radical (unpaired) electrons. The van der Waals surface area contributed by atoms with E-state index in [2.05, 4.69) is 48.2 Å². The van der Waals surface area contributed by atoms with Crippen molar-refractivity contribution in [2.45, 2.75) is 26.2 Å². The third kappa shape index (κ3) is 4.14. The predicted molar refractivity (Wildman–Crippen MR) is 114 cm³/mol. The third-order valence-electron chi connectivity index (χ3n) is 4.39. The Bertz CT molecular complexity index is 1040. The number of hydrogen-bond acceptors (Lipinski definition) is 5. The van der Waals surface area contributed by atoms with Gasteiger partial charge in [-0.05, 0) is 47.0 Å². The van der Waals surface area contributed by atoms with Crippen LogP contribution in [-0.4, -0.2) is 35.3 Å². The molecule has 7 heteroatoms. The Labute approximate surface area is 169 Å². The van der Waals surface area contributed by atoms with Gasteiger partial charge in [-0.3, -0.25) is 0 Å². The van der Waals surface area contributed by atoms with E-state index in [1.807, 2.05) is 30.3 Å². The summed E-state index contributed by atoms with van der Waals surface area (Å²) in [5.41, 5.74) is 3.14. The maximum atomic E-state index is 5.35. The van der Waals surface area contributed by atoms with Crippen LogP contribution in [-0.2, 0) is 5.41 Å². The average molecular weight is 397 g/mol. The molecule has 0 bridgehead atoms. The molecular formula is C21H24N4O2S. The molecule has 0 aliphatic rings. The highest BCUT2D eigenvalue weighted by Crippen LogP contribution is 2.27. The van der Waals surface area contributed by atoms with Crippen LogP contribution in [0.1, 0.15) is 31.9 Å². The second-order valence-corrected chi connectivity index (χ2v) is 7.74. The van der Waals surface area contributed by atoms with Crippen LogP contribution in [0.2, 0.25) is 0 Å². The van der Waals surface area contributed by atoms with E-state index in [-0.39, 0.29) is 5.41 Å². The largest absolute Gasteiger partial charge is 0.493 e. The molecule has 0 aliphatic carbocycles. The van der Waals surface area contributed by atoms with Gasteiger partial charge in [-0.1, -0.05) is 45.0 Å². The van der Waals surface area contributed by atoms with Crippen LogP contribution >= 0.6 is 12.2 Å². The number of benzene rings is 2. The SMILES string of the molecule is COc1ccc(/C=N\n2c(-c3ccc(C(C)(C)C)cc3)n[nH]c2=S)cc1OC. The highest BCUT2D eigenvalue weighted by molar-refractivity contribution is 7.71. The standard InChI is InChI=1S/C21H24N4O2S/c1-21(2,3)16-9-7-15(8-10-16)19-23-24-20(28)25(19)22-13-14-6-11-17(26-4)18(12-14)27-5/h6-13H,1-5H3,(H,24,28)/b22-13-. The summed E-state index contributed by atoms with van der Waals surface area (Å²) >= 11 is 5.35. The molecule has 1 N–H and O–H groups in total. The Balaban J connectivity index is 1.94. The van der Waals surface area contributed by atoms with Crippen LogP contribution in [0, 0.1) is 4.77 Å². The topological polar surface area (TPSA) is 64.4 Å². The van der Waals surface area contributed by atoms with Crippen molar-refractivity contribution < 1.29 is 9.47 Å². The Morgan fingerprint density at radius 3 is 2.32 bits per heavy atom. The molecule has 0 atom stereocenters. The maximum Gasteiger partial charge on any atom is 0.216 e. The summed E-state index contributed by atoms with van der Waals surface area (Å²) in [6, 6.07) is 13.9. The van der Waals surface area contributed by atoms with Gasteiger partial charge in [0.2, 0.25) is 4.77 Å². The molecule has 0 unspecified atom stereocenters. The predicted octanol–water partition coefficient (Wildman–Crippen LogP) is 4.80. The van der Waals surface area contributed by atoms with Gasteiger partial charge in [-0.2, -0.15) is 14.9 Å². The van der Waals surface area contributed by atoms with Crippen molar-refractivity contribution in [3.63, 3.8) is 0 Å². The van der Waals surface area contributed by atoms with Gasteiger partial charge in [0, 0.05) is 5.56 Å². The first-order valence-electron chi connectivity index (χ1n) is 8.88. The molecule has 3 aromatic rings. The van der Waals surface area contributed by atoms with E-state index in [9.17, 15) is 0 Å². The number of aromatic amines is 1. The lowest BCUT2D eigenvalue weighted by atomic mass is 9.87. The van der Waals surface area contributed by atoms with E-state index in [4.69, 9.17) is 21.7 Å². The zero-order valence-electron chi connectivity index (χ0n) is 16.7. The molecule has 0 amide bonds. The monoisotopic (exact) mass is 396 g/mol. The van der Waals surface area contributed by atoms with Crippen molar-refractivity contribution in [3.05, 3.63) is 58.4 Å². The zero-order chi connectivity index (χ0) is 20.3. The van der Waals surface area contributed by atoms with Gasteiger partial charge in [0.05, 0.1) is 20.4 Å². The molecular weight excluding hydrogens is 372 g/mol. The van der Waals surface area contributed by atoms with Crippen LogP contribution in [0.5, 0.6) is 11.5 Å². The Morgan fingerprint density at radius 1 is 1.04 bits per heavy atom. The van der Waals surface area contributed by atoms with Crippen LogP contribution in [0.25, 0.3) is 11.4 Å². The Morgan fingerprint density at radius 2 is 1.71 bits per heavy atom. The third-order valence-corrected chi connectivity index (χ3v) is 4.65. The van der Waals surface area contributed by atoms with E-state index in [0.717, 1.165) is 11.1 Å². The highest BCUT2D eigenvalue weighted by atomic mass is 32.1. The molecule has 0 spiro atoms. The van der Waals surface area contributed by atoms with Gasteiger partial charge < -0.3 is 9.47 Å². The van der Waals surface area contributed by atoms with E-state index >= 15 is 0 Å². The summed E-state index contributed by atoms with van der Waals surface area (Å²) in [6.45, 7) is 6.56. The first kappa shape index (κ1) is 19.8. The second-order valence-electron chi connectivity index (χ2n) is 7.35. The fourth-order valence-corrected chi connectivity index (χ4v) is 2.94.